The monoisotopic (exact) mass is 349 g/mol. The van der Waals surface area contributed by atoms with Gasteiger partial charge in [-0.25, -0.2) is 9.97 Å². The van der Waals surface area contributed by atoms with Gasteiger partial charge in [0.15, 0.2) is 0 Å². The highest BCUT2D eigenvalue weighted by atomic mass is 16.5. The SMILES string of the molecule is COc1ccc(Cn2cccc2CN2CCc3nc(N)ncc3C2)cc1. The van der Waals surface area contributed by atoms with E-state index in [1.807, 2.05) is 18.3 Å². The zero-order valence-corrected chi connectivity index (χ0v) is 14.9. The van der Waals surface area contributed by atoms with Gasteiger partial charge in [0.05, 0.1) is 12.8 Å². The predicted molar refractivity (Wildman–Crippen MR) is 101 cm³/mol. The van der Waals surface area contributed by atoms with Gasteiger partial charge in [0.1, 0.15) is 5.75 Å². The summed E-state index contributed by atoms with van der Waals surface area (Å²) in [7, 11) is 1.69. The Morgan fingerprint density at radius 3 is 2.81 bits per heavy atom. The van der Waals surface area contributed by atoms with Gasteiger partial charge in [0, 0.05) is 56.3 Å². The van der Waals surface area contributed by atoms with Gasteiger partial charge < -0.3 is 15.0 Å². The average Bonchev–Trinajstić information content (AvgIpc) is 3.09. The Bertz CT molecular complexity index is 887. The third kappa shape index (κ3) is 3.55. The van der Waals surface area contributed by atoms with Gasteiger partial charge in [0.2, 0.25) is 5.95 Å². The molecule has 0 fully saturated rings. The minimum absolute atomic E-state index is 0.366. The zero-order valence-electron chi connectivity index (χ0n) is 14.9. The van der Waals surface area contributed by atoms with Crippen LogP contribution in [0.4, 0.5) is 5.95 Å². The van der Waals surface area contributed by atoms with E-state index in [0.717, 1.165) is 44.0 Å². The van der Waals surface area contributed by atoms with Crippen molar-refractivity contribution in [2.45, 2.75) is 26.1 Å². The van der Waals surface area contributed by atoms with E-state index >= 15 is 0 Å². The molecule has 26 heavy (non-hydrogen) atoms. The third-order valence-electron chi connectivity index (χ3n) is 4.85. The fraction of sp³-hybridized carbons (Fsp3) is 0.300. The molecule has 6 heteroatoms. The zero-order chi connectivity index (χ0) is 17.9. The molecule has 0 atom stereocenters. The van der Waals surface area contributed by atoms with Crippen LogP contribution in [0.2, 0.25) is 0 Å². The molecule has 134 valence electrons. The van der Waals surface area contributed by atoms with Gasteiger partial charge in [-0.05, 0) is 29.8 Å². The summed E-state index contributed by atoms with van der Waals surface area (Å²) in [4.78, 5) is 10.9. The van der Waals surface area contributed by atoms with Crippen LogP contribution in [0.3, 0.4) is 0 Å². The number of fused-ring (bicyclic) bond motifs is 1. The molecule has 0 saturated carbocycles. The number of aromatic nitrogens is 3. The Kier molecular flexibility index (Phi) is 4.58. The highest BCUT2D eigenvalue weighted by Gasteiger charge is 2.19. The van der Waals surface area contributed by atoms with Gasteiger partial charge in [-0.2, -0.15) is 0 Å². The first-order valence-electron chi connectivity index (χ1n) is 8.81. The van der Waals surface area contributed by atoms with Crippen LogP contribution >= 0.6 is 0 Å². The van der Waals surface area contributed by atoms with Crippen molar-refractivity contribution in [3.63, 3.8) is 0 Å². The van der Waals surface area contributed by atoms with Gasteiger partial charge in [-0.15, -0.1) is 0 Å². The van der Waals surface area contributed by atoms with E-state index in [1.165, 1.54) is 16.8 Å². The number of methoxy groups -OCH3 is 1. The van der Waals surface area contributed by atoms with E-state index in [9.17, 15) is 0 Å². The summed E-state index contributed by atoms with van der Waals surface area (Å²) in [6.07, 6.45) is 4.92. The first kappa shape index (κ1) is 16.6. The van der Waals surface area contributed by atoms with Crippen LogP contribution in [0.15, 0.2) is 48.8 Å². The second-order valence-corrected chi connectivity index (χ2v) is 6.64. The molecule has 1 aromatic carbocycles. The molecule has 0 aliphatic carbocycles. The quantitative estimate of drug-likeness (QED) is 0.766. The fourth-order valence-electron chi connectivity index (χ4n) is 3.43. The number of nitrogens with zero attached hydrogens (tertiary/aromatic N) is 4. The lowest BCUT2D eigenvalue weighted by atomic mass is 10.1. The van der Waals surface area contributed by atoms with E-state index in [4.69, 9.17) is 10.5 Å². The van der Waals surface area contributed by atoms with Gasteiger partial charge in [-0.1, -0.05) is 12.1 Å². The number of nitrogen functional groups attached to an aromatic ring is 1. The van der Waals surface area contributed by atoms with E-state index in [-0.39, 0.29) is 0 Å². The summed E-state index contributed by atoms with van der Waals surface area (Å²) < 4.78 is 7.54. The smallest absolute Gasteiger partial charge is 0.220 e. The maximum Gasteiger partial charge on any atom is 0.220 e. The molecular weight excluding hydrogens is 326 g/mol. The molecule has 2 aromatic heterocycles. The molecule has 6 nitrogen and oxygen atoms in total. The van der Waals surface area contributed by atoms with Crippen molar-refractivity contribution >= 4 is 5.95 Å². The molecule has 0 amide bonds. The summed E-state index contributed by atoms with van der Waals surface area (Å²) in [5.41, 5.74) is 10.5. The lowest BCUT2D eigenvalue weighted by Gasteiger charge is -2.28. The second kappa shape index (κ2) is 7.17. The summed E-state index contributed by atoms with van der Waals surface area (Å²) in [5, 5.41) is 0. The van der Waals surface area contributed by atoms with Crippen LogP contribution in [0.1, 0.15) is 22.5 Å². The Morgan fingerprint density at radius 2 is 2.00 bits per heavy atom. The van der Waals surface area contributed by atoms with Crippen molar-refractivity contribution in [2.24, 2.45) is 0 Å². The van der Waals surface area contributed by atoms with Crippen molar-refractivity contribution < 1.29 is 4.74 Å². The van der Waals surface area contributed by atoms with Crippen molar-refractivity contribution in [3.8, 4) is 5.75 Å². The number of rotatable bonds is 5. The first-order chi connectivity index (χ1) is 12.7. The Hall–Kier alpha value is -2.86. The topological polar surface area (TPSA) is 69.2 Å². The molecule has 0 bridgehead atoms. The number of hydrogen-bond donors (Lipinski definition) is 1. The van der Waals surface area contributed by atoms with Gasteiger partial charge in [0.25, 0.3) is 0 Å². The van der Waals surface area contributed by atoms with Crippen molar-refractivity contribution in [3.05, 3.63) is 71.3 Å². The van der Waals surface area contributed by atoms with Crippen molar-refractivity contribution in [1.29, 1.82) is 0 Å². The van der Waals surface area contributed by atoms with Crippen LogP contribution < -0.4 is 10.5 Å². The molecule has 0 radical (unpaired) electrons. The van der Waals surface area contributed by atoms with Crippen molar-refractivity contribution in [2.75, 3.05) is 19.4 Å². The number of nitrogens with two attached hydrogens (primary N) is 1. The highest BCUT2D eigenvalue weighted by Crippen LogP contribution is 2.20. The van der Waals surface area contributed by atoms with E-state index in [2.05, 4.69) is 49.9 Å². The van der Waals surface area contributed by atoms with E-state index in [0.29, 0.717) is 5.95 Å². The summed E-state index contributed by atoms with van der Waals surface area (Å²) >= 11 is 0. The molecular formula is C20H23N5O. The number of benzene rings is 1. The van der Waals surface area contributed by atoms with Crippen LogP contribution in [0.25, 0.3) is 0 Å². The summed E-state index contributed by atoms with van der Waals surface area (Å²) in [5.74, 6) is 1.25. The molecule has 0 saturated heterocycles. The highest BCUT2D eigenvalue weighted by molar-refractivity contribution is 5.28. The minimum atomic E-state index is 0.366. The standard InChI is InChI=1S/C20H23N5O/c1-26-18-6-4-15(5-7-18)12-25-9-2-3-17(25)14-24-10-8-19-16(13-24)11-22-20(21)23-19/h2-7,9,11H,8,10,12-14H2,1H3,(H2,21,22,23). The molecule has 3 heterocycles. The molecule has 1 aliphatic rings. The molecule has 0 unspecified atom stereocenters. The average molecular weight is 349 g/mol. The van der Waals surface area contributed by atoms with Crippen molar-refractivity contribution in [1.82, 2.24) is 19.4 Å². The largest absolute Gasteiger partial charge is 0.497 e. The van der Waals surface area contributed by atoms with Crippen LogP contribution in [0, 0.1) is 0 Å². The fourth-order valence-corrected chi connectivity index (χ4v) is 3.43. The summed E-state index contributed by atoms with van der Waals surface area (Å²) in [6, 6.07) is 12.5. The predicted octanol–water partition coefficient (Wildman–Crippen LogP) is 2.48. The lowest BCUT2D eigenvalue weighted by molar-refractivity contribution is 0.237. The maximum atomic E-state index is 5.69. The van der Waals surface area contributed by atoms with E-state index < -0.39 is 0 Å². The van der Waals surface area contributed by atoms with Crippen LogP contribution in [0.5, 0.6) is 5.75 Å². The molecule has 1 aliphatic heterocycles. The van der Waals surface area contributed by atoms with Gasteiger partial charge >= 0.3 is 0 Å². The van der Waals surface area contributed by atoms with E-state index in [1.54, 1.807) is 7.11 Å². The maximum absolute atomic E-state index is 5.69. The number of hydrogen-bond acceptors (Lipinski definition) is 5. The van der Waals surface area contributed by atoms with Crippen LogP contribution in [-0.4, -0.2) is 33.1 Å². The number of anilines is 1. The first-order valence-corrected chi connectivity index (χ1v) is 8.81. The Labute approximate surface area is 153 Å². The summed E-state index contributed by atoms with van der Waals surface area (Å²) in [6.45, 7) is 3.61. The lowest BCUT2D eigenvalue weighted by Crippen LogP contribution is -2.31. The minimum Gasteiger partial charge on any atom is -0.497 e. The third-order valence-corrected chi connectivity index (χ3v) is 4.85. The van der Waals surface area contributed by atoms with Crippen LogP contribution in [-0.2, 0) is 26.1 Å². The second-order valence-electron chi connectivity index (χ2n) is 6.64. The van der Waals surface area contributed by atoms with Gasteiger partial charge in [-0.3, -0.25) is 4.90 Å². The molecule has 0 spiro atoms. The number of ether oxygens (including phenoxy) is 1. The molecule has 2 N–H and O–H groups in total. The normalized spacial score (nSPS) is 14.2. The Balaban J connectivity index is 1.45. The Morgan fingerprint density at radius 1 is 1.15 bits per heavy atom. The molecule has 4 rings (SSSR count). The molecule has 3 aromatic rings.